The maximum Gasteiger partial charge on any atom is 0.159 e. The first-order valence-corrected chi connectivity index (χ1v) is 10.9. The third-order valence-electron chi connectivity index (χ3n) is 5.41. The summed E-state index contributed by atoms with van der Waals surface area (Å²) in [6.07, 6.45) is 6.09. The van der Waals surface area contributed by atoms with Gasteiger partial charge in [0.1, 0.15) is 11.4 Å². The van der Waals surface area contributed by atoms with Gasteiger partial charge < -0.3 is 15.6 Å². The van der Waals surface area contributed by atoms with Gasteiger partial charge in [-0.25, -0.2) is 14.4 Å². The van der Waals surface area contributed by atoms with Crippen LogP contribution in [0.4, 0.5) is 10.1 Å². The standard InChI is InChI=1S/C25H23ClFN5O2/c1-14(18-8-15(10-31-34)4-6-21(18)27)32-23-19-9-16(5-7-22(19)28-13-20(23)26)17-11-29-24(30-12-17)25(2,3)33/h4-14,33-34H,1-3H3,(H,28,32). The van der Waals surface area contributed by atoms with Gasteiger partial charge in [0.25, 0.3) is 0 Å². The first kappa shape index (κ1) is 23.5. The normalized spacial score (nSPS) is 12.9. The van der Waals surface area contributed by atoms with Crippen LogP contribution < -0.4 is 5.32 Å². The number of rotatable bonds is 6. The van der Waals surface area contributed by atoms with Gasteiger partial charge >= 0.3 is 0 Å². The van der Waals surface area contributed by atoms with E-state index in [0.29, 0.717) is 33.2 Å². The molecule has 0 saturated heterocycles. The Kier molecular flexibility index (Phi) is 6.45. The maximum atomic E-state index is 14.6. The number of hydrogen-bond donors (Lipinski definition) is 3. The van der Waals surface area contributed by atoms with Crippen LogP contribution in [0.15, 0.2) is 60.1 Å². The summed E-state index contributed by atoms with van der Waals surface area (Å²) in [5.41, 5.74) is 2.73. The molecule has 0 aliphatic heterocycles. The zero-order chi connectivity index (χ0) is 24.5. The number of oxime groups is 1. The van der Waals surface area contributed by atoms with Crippen LogP contribution in [0.5, 0.6) is 0 Å². The lowest BCUT2D eigenvalue weighted by molar-refractivity contribution is 0.0687. The van der Waals surface area contributed by atoms with Gasteiger partial charge in [0.2, 0.25) is 0 Å². The van der Waals surface area contributed by atoms with Crippen molar-refractivity contribution in [1.82, 2.24) is 15.0 Å². The second-order valence-corrected chi connectivity index (χ2v) is 8.87. The van der Waals surface area contributed by atoms with E-state index >= 15 is 0 Å². The Balaban J connectivity index is 1.73. The lowest BCUT2D eigenvalue weighted by Crippen LogP contribution is -2.19. The average Bonchev–Trinajstić information content (AvgIpc) is 2.81. The fourth-order valence-electron chi connectivity index (χ4n) is 3.62. The zero-order valence-electron chi connectivity index (χ0n) is 18.8. The number of halogens is 2. The Morgan fingerprint density at radius 1 is 1.06 bits per heavy atom. The molecule has 0 spiro atoms. The van der Waals surface area contributed by atoms with Crippen LogP contribution >= 0.6 is 11.6 Å². The highest BCUT2D eigenvalue weighted by atomic mass is 35.5. The van der Waals surface area contributed by atoms with Crippen LogP contribution in [-0.4, -0.2) is 31.5 Å². The second kappa shape index (κ2) is 9.32. The van der Waals surface area contributed by atoms with Crippen molar-refractivity contribution >= 4 is 34.4 Å². The Hall–Kier alpha value is -3.62. The van der Waals surface area contributed by atoms with Crippen LogP contribution in [0.1, 0.15) is 43.8 Å². The van der Waals surface area contributed by atoms with Crippen LogP contribution in [0.2, 0.25) is 5.02 Å². The van der Waals surface area contributed by atoms with Crippen molar-refractivity contribution in [3.8, 4) is 11.1 Å². The molecule has 0 bridgehead atoms. The molecule has 3 N–H and O–H groups in total. The summed E-state index contributed by atoms with van der Waals surface area (Å²) >= 11 is 6.50. The molecule has 0 fully saturated rings. The smallest absolute Gasteiger partial charge is 0.159 e. The third-order valence-corrected chi connectivity index (χ3v) is 5.69. The average molecular weight is 480 g/mol. The largest absolute Gasteiger partial charge is 0.411 e. The molecule has 1 atom stereocenters. The number of nitrogens with one attached hydrogen (secondary N) is 1. The summed E-state index contributed by atoms with van der Waals surface area (Å²) in [6.45, 7) is 5.06. The summed E-state index contributed by atoms with van der Waals surface area (Å²) in [5.74, 6) is -0.0669. The molecule has 34 heavy (non-hydrogen) atoms. The van der Waals surface area contributed by atoms with Gasteiger partial charge in [-0.05, 0) is 56.2 Å². The molecule has 0 amide bonds. The predicted molar refractivity (Wildman–Crippen MR) is 131 cm³/mol. The van der Waals surface area contributed by atoms with Gasteiger partial charge in [0.05, 0.1) is 28.5 Å². The van der Waals surface area contributed by atoms with Crippen molar-refractivity contribution in [2.75, 3.05) is 5.32 Å². The van der Waals surface area contributed by atoms with Crippen LogP contribution in [0.25, 0.3) is 22.0 Å². The Morgan fingerprint density at radius 2 is 1.79 bits per heavy atom. The number of nitrogens with zero attached hydrogens (tertiary/aromatic N) is 4. The Labute approximate surface area is 201 Å². The van der Waals surface area contributed by atoms with Crippen molar-refractivity contribution in [2.45, 2.75) is 32.4 Å². The van der Waals surface area contributed by atoms with Crippen molar-refractivity contribution in [3.05, 3.63) is 82.8 Å². The van der Waals surface area contributed by atoms with Crippen LogP contribution in [0.3, 0.4) is 0 Å². The molecular weight excluding hydrogens is 457 g/mol. The highest BCUT2D eigenvalue weighted by Crippen LogP contribution is 2.35. The van der Waals surface area contributed by atoms with E-state index in [9.17, 15) is 9.50 Å². The molecule has 7 nitrogen and oxygen atoms in total. The van der Waals surface area contributed by atoms with Gasteiger partial charge in [-0.15, -0.1) is 0 Å². The number of benzene rings is 2. The number of hydrogen-bond acceptors (Lipinski definition) is 7. The fourth-order valence-corrected chi connectivity index (χ4v) is 3.83. The molecule has 0 aliphatic rings. The van der Waals surface area contributed by atoms with E-state index < -0.39 is 17.5 Å². The van der Waals surface area contributed by atoms with Crippen LogP contribution in [0, 0.1) is 5.82 Å². The predicted octanol–water partition coefficient (Wildman–Crippen LogP) is 5.69. The van der Waals surface area contributed by atoms with E-state index in [1.165, 1.54) is 18.3 Å². The first-order chi connectivity index (χ1) is 16.2. The van der Waals surface area contributed by atoms with Crippen molar-refractivity contribution in [3.63, 3.8) is 0 Å². The summed E-state index contributed by atoms with van der Waals surface area (Å²) in [4.78, 5) is 13.0. The Morgan fingerprint density at radius 3 is 2.47 bits per heavy atom. The molecule has 0 radical (unpaired) electrons. The fraction of sp³-hybridized carbons (Fsp3) is 0.200. The van der Waals surface area contributed by atoms with Crippen molar-refractivity contribution in [1.29, 1.82) is 0 Å². The minimum absolute atomic E-state index is 0.327. The highest BCUT2D eigenvalue weighted by Gasteiger charge is 2.20. The van der Waals surface area contributed by atoms with E-state index in [4.69, 9.17) is 16.8 Å². The highest BCUT2D eigenvalue weighted by molar-refractivity contribution is 6.34. The van der Waals surface area contributed by atoms with Gasteiger partial charge in [-0.1, -0.05) is 28.9 Å². The maximum absolute atomic E-state index is 14.6. The molecule has 2 heterocycles. The van der Waals surface area contributed by atoms with Gasteiger partial charge in [0, 0.05) is 35.1 Å². The molecule has 9 heteroatoms. The number of aliphatic hydroxyl groups is 1. The molecule has 2 aromatic carbocycles. The SMILES string of the molecule is CC(Nc1c(Cl)cnc2ccc(-c3cnc(C(C)(C)O)nc3)cc12)c1cc(C=NO)ccc1F. The van der Waals surface area contributed by atoms with E-state index in [1.807, 2.05) is 25.1 Å². The minimum atomic E-state index is -1.14. The number of anilines is 1. The quantitative estimate of drug-likeness (QED) is 0.186. The van der Waals surface area contributed by atoms with Gasteiger partial charge in [0.15, 0.2) is 5.82 Å². The van der Waals surface area contributed by atoms with Crippen molar-refractivity contribution < 1.29 is 14.7 Å². The molecule has 2 aromatic heterocycles. The Bertz CT molecular complexity index is 1370. The third kappa shape index (κ3) is 4.83. The molecule has 0 saturated carbocycles. The number of fused-ring (bicyclic) bond motifs is 1. The molecule has 1 unspecified atom stereocenters. The molecule has 4 aromatic rings. The lowest BCUT2D eigenvalue weighted by atomic mass is 10.0. The number of pyridine rings is 1. The molecule has 0 aliphatic carbocycles. The van der Waals surface area contributed by atoms with E-state index in [-0.39, 0.29) is 0 Å². The van der Waals surface area contributed by atoms with E-state index in [2.05, 4.69) is 25.4 Å². The second-order valence-electron chi connectivity index (χ2n) is 8.46. The number of aromatic nitrogens is 3. The van der Waals surface area contributed by atoms with Gasteiger partial charge in [-0.2, -0.15) is 0 Å². The van der Waals surface area contributed by atoms with E-state index in [1.54, 1.807) is 38.5 Å². The molecular formula is C25H23ClFN5O2. The van der Waals surface area contributed by atoms with Crippen LogP contribution in [-0.2, 0) is 5.60 Å². The summed E-state index contributed by atoms with van der Waals surface area (Å²) < 4.78 is 14.6. The van der Waals surface area contributed by atoms with Gasteiger partial charge in [-0.3, -0.25) is 4.98 Å². The first-order valence-electron chi connectivity index (χ1n) is 10.5. The van der Waals surface area contributed by atoms with Crippen molar-refractivity contribution in [2.24, 2.45) is 5.16 Å². The van der Waals surface area contributed by atoms with E-state index in [0.717, 1.165) is 16.5 Å². The monoisotopic (exact) mass is 479 g/mol. The lowest BCUT2D eigenvalue weighted by Gasteiger charge is -2.20. The summed E-state index contributed by atoms with van der Waals surface area (Å²) in [5, 5.41) is 26.3. The molecule has 174 valence electrons. The summed E-state index contributed by atoms with van der Waals surface area (Å²) in [6, 6.07) is 9.68. The zero-order valence-corrected chi connectivity index (χ0v) is 19.5. The topological polar surface area (TPSA) is 104 Å². The summed E-state index contributed by atoms with van der Waals surface area (Å²) in [7, 11) is 0. The minimum Gasteiger partial charge on any atom is -0.411 e. The molecule has 4 rings (SSSR count).